The number of carbonyl (C=O) groups is 2. The summed E-state index contributed by atoms with van der Waals surface area (Å²) in [4.78, 5) is 23.1. The number of amides is 1. The van der Waals surface area contributed by atoms with Crippen LogP contribution in [0.4, 0.5) is 0 Å². The number of ketones is 1. The van der Waals surface area contributed by atoms with Gasteiger partial charge in [0.05, 0.1) is 11.7 Å². The van der Waals surface area contributed by atoms with Crippen LogP contribution in [0.15, 0.2) is 0 Å². The van der Waals surface area contributed by atoms with E-state index in [-0.39, 0.29) is 23.4 Å². The maximum absolute atomic E-state index is 12.1. The van der Waals surface area contributed by atoms with Gasteiger partial charge in [0.15, 0.2) is 0 Å². The van der Waals surface area contributed by atoms with E-state index in [1.165, 1.54) is 6.92 Å². The van der Waals surface area contributed by atoms with E-state index in [1.54, 1.807) is 0 Å². The molecule has 1 amide bonds. The molecule has 5 N–H and O–H groups in total. The van der Waals surface area contributed by atoms with Gasteiger partial charge in [-0.1, -0.05) is 15.3 Å². The van der Waals surface area contributed by atoms with E-state index in [9.17, 15) is 9.59 Å². The molecule has 0 spiro atoms. The van der Waals surface area contributed by atoms with E-state index < -0.39 is 7.40 Å². The number of nitrogens with one attached hydrogen (secondary N) is 3. The second kappa shape index (κ2) is 13.2. The molecule has 0 radical (unpaired) electrons. The summed E-state index contributed by atoms with van der Waals surface area (Å²) in [6, 6.07) is -0.384. The van der Waals surface area contributed by atoms with Crippen LogP contribution in [0.25, 0.3) is 0 Å². The Bertz CT molecular complexity index is 367. The van der Waals surface area contributed by atoms with Crippen molar-refractivity contribution in [3.63, 3.8) is 0 Å². The third-order valence-corrected chi connectivity index (χ3v) is 6.13. The highest BCUT2D eigenvalue weighted by Gasteiger charge is 2.18. The zero-order valence-corrected chi connectivity index (χ0v) is 15.9. The van der Waals surface area contributed by atoms with E-state index in [0.717, 1.165) is 38.6 Å². The van der Waals surface area contributed by atoms with E-state index in [4.69, 9.17) is 10.9 Å². The molecule has 0 aromatic carbocycles. The second-order valence-electron chi connectivity index (χ2n) is 5.61. The summed E-state index contributed by atoms with van der Waals surface area (Å²) in [5, 5.41) is 13.9. The fourth-order valence-corrected chi connectivity index (χ4v) is 3.96. The summed E-state index contributed by atoms with van der Waals surface area (Å²) in [5.74, 6) is 0.00865. The van der Waals surface area contributed by atoms with Gasteiger partial charge in [0.1, 0.15) is 5.78 Å². The summed E-state index contributed by atoms with van der Waals surface area (Å²) >= 11 is 0. The van der Waals surface area contributed by atoms with Gasteiger partial charge in [-0.25, -0.2) is 0 Å². The first kappa shape index (κ1) is 21.7. The summed E-state index contributed by atoms with van der Waals surface area (Å²) in [6.07, 6.45) is 5.08. The van der Waals surface area contributed by atoms with Crippen molar-refractivity contribution >= 4 is 28.0 Å². The third kappa shape index (κ3) is 10.4. The Morgan fingerprint density at radius 2 is 1.77 bits per heavy atom. The van der Waals surface area contributed by atoms with Gasteiger partial charge >= 0.3 is 0 Å². The van der Waals surface area contributed by atoms with Crippen molar-refractivity contribution in [2.24, 2.45) is 5.73 Å². The van der Waals surface area contributed by atoms with Crippen molar-refractivity contribution in [3.8, 4) is 0 Å². The van der Waals surface area contributed by atoms with Gasteiger partial charge in [-0.3, -0.25) is 9.59 Å². The zero-order chi connectivity index (χ0) is 17.0. The van der Waals surface area contributed by atoms with Crippen molar-refractivity contribution in [3.05, 3.63) is 0 Å². The van der Waals surface area contributed by atoms with E-state index in [1.807, 2.05) is 7.05 Å². The maximum atomic E-state index is 12.1. The van der Waals surface area contributed by atoms with E-state index in [0.29, 0.717) is 13.0 Å². The number of hydrogen-bond acceptors (Lipinski definition) is 5. The Labute approximate surface area is 137 Å². The van der Waals surface area contributed by atoms with Crippen molar-refractivity contribution in [2.75, 3.05) is 20.1 Å². The number of rotatable bonds is 13. The highest BCUT2D eigenvalue weighted by molar-refractivity contribution is 8.07. The minimum absolute atomic E-state index is 0.000729. The molecule has 0 aliphatic carbocycles. The van der Waals surface area contributed by atoms with Crippen LogP contribution in [0, 0.1) is 5.16 Å². The zero-order valence-electron chi connectivity index (χ0n) is 13.8. The molecular formula is C14H32N4O2P2. The SMILES string of the molecule is CNCCCCC(C(=O)NCCCCC(N)C(C)=O)[PH](=N)P. The normalized spacial score (nSPS) is 15.1. The van der Waals surface area contributed by atoms with Crippen molar-refractivity contribution in [1.29, 1.82) is 5.16 Å². The molecule has 4 atom stereocenters. The molecule has 0 fully saturated rings. The molecular weight excluding hydrogens is 318 g/mol. The number of unbranched alkanes of at least 4 members (excludes halogenated alkanes) is 2. The first-order valence-electron chi connectivity index (χ1n) is 7.92. The Balaban J connectivity index is 3.93. The molecule has 130 valence electrons. The number of hydrogen-bond donors (Lipinski definition) is 4. The Kier molecular flexibility index (Phi) is 13.0. The topological polar surface area (TPSA) is 108 Å². The molecule has 0 aromatic heterocycles. The first-order valence-corrected chi connectivity index (χ1v) is 11.3. The predicted octanol–water partition coefficient (Wildman–Crippen LogP) is 1.71. The lowest BCUT2D eigenvalue weighted by atomic mass is 10.1. The second-order valence-corrected chi connectivity index (χ2v) is 9.08. The maximum Gasteiger partial charge on any atom is 0.228 e. The highest BCUT2D eigenvalue weighted by atomic mass is 32.0. The van der Waals surface area contributed by atoms with Gasteiger partial charge in [0.2, 0.25) is 5.91 Å². The number of carbonyl (C=O) groups excluding carboxylic acids is 2. The van der Waals surface area contributed by atoms with Crippen LogP contribution in [-0.2, 0) is 9.59 Å². The standard InChI is InChI=1S/C14H32N4O2P2/c1-11(19)12(15)7-3-6-10-18-14(20)13(22(16)21)8-4-5-9-17-2/h12-13,16-17,22H,3-10,15,21H2,1-2H3,(H,18,20). The number of Topliss-reactive ketones (excluding diaryl/α,β-unsaturated/α-hetero) is 1. The smallest absolute Gasteiger partial charge is 0.228 e. The van der Waals surface area contributed by atoms with Crippen LogP contribution >= 0.6 is 16.3 Å². The van der Waals surface area contributed by atoms with Gasteiger partial charge in [-0.15, -0.1) is 0 Å². The Hall–Kier alpha value is -0.280. The van der Waals surface area contributed by atoms with Crippen molar-refractivity contribution in [2.45, 2.75) is 57.1 Å². The van der Waals surface area contributed by atoms with E-state index in [2.05, 4.69) is 19.6 Å². The highest BCUT2D eigenvalue weighted by Crippen LogP contribution is 2.40. The van der Waals surface area contributed by atoms with Crippen LogP contribution < -0.4 is 16.4 Å². The summed E-state index contributed by atoms with van der Waals surface area (Å²) in [5.41, 5.74) is 5.49. The summed E-state index contributed by atoms with van der Waals surface area (Å²) in [6.45, 7) is 3.04. The molecule has 0 aromatic rings. The molecule has 0 saturated carbocycles. The van der Waals surface area contributed by atoms with Crippen LogP contribution in [0.2, 0.25) is 0 Å². The fraction of sp³-hybridized carbons (Fsp3) is 0.857. The van der Waals surface area contributed by atoms with E-state index >= 15 is 0 Å². The molecule has 22 heavy (non-hydrogen) atoms. The average Bonchev–Trinajstić information content (AvgIpc) is 2.45. The largest absolute Gasteiger partial charge is 0.356 e. The van der Waals surface area contributed by atoms with Gasteiger partial charge in [0.25, 0.3) is 0 Å². The van der Waals surface area contributed by atoms with Gasteiger partial charge in [-0.05, 0) is 60.0 Å². The molecule has 4 unspecified atom stereocenters. The lowest BCUT2D eigenvalue weighted by Gasteiger charge is -2.16. The Morgan fingerprint density at radius 3 is 2.32 bits per heavy atom. The van der Waals surface area contributed by atoms with Crippen LogP contribution in [0.5, 0.6) is 0 Å². The average molecular weight is 350 g/mol. The molecule has 0 saturated heterocycles. The lowest BCUT2D eigenvalue weighted by Crippen LogP contribution is -2.33. The molecule has 0 rings (SSSR count). The monoisotopic (exact) mass is 350 g/mol. The molecule has 6 nitrogen and oxygen atoms in total. The van der Waals surface area contributed by atoms with Crippen molar-refractivity contribution < 1.29 is 9.59 Å². The van der Waals surface area contributed by atoms with Gasteiger partial charge in [-0.2, -0.15) is 0 Å². The third-order valence-electron chi connectivity index (χ3n) is 3.62. The molecule has 0 aliphatic rings. The van der Waals surface area contributed by atoms with Crippen LogP contribution in [-0.4, -0.2) is 43.5 Å². The minimum atomic E-state index is -1.46. The summed E-state index contributed by atoms with van der Waals surface area (Å²) in [7, 11) is 2.97. The predicted molar refractivity (Wildman–Crippen MR) is 97.8 cm³/mol. The molecule has 8 heteroatoms. The summed E-state index contributed by atoms with van der Waals surface area (Å²) < 4.78 is 0. The molecule has 0 aliphatic heterocycles. The van der Waals surface area contributed by atoms with Crippen LogP contribution in [0.3, 0.4) is 0 Å². The quantitative estimate of drug-likeness (QED) is 0.299. The fourth-order valence-electron chi connectivity index (χ4n) is 2.11. The Morgan fingerprint density at radius 1 is 1.18 bits per heavy atom. The first-order chi connectivity index (χ1) is 10.4. The molecule has 0 heterocycles. The molecule has 0 bridgehead atoms. The lowest BCUT2D eigenvalue weighted by molar-refractivity contribution is -0.121. The van der Waals surface area contributed by atoms with Gasteiger partial charge in [0, 0.05) is 6.54 Å². The van der Waals surface area contributed by atoms with Gasteiger partial charge < -0.3 is 21.5 Å². The van der Waals surface area contributed by atoms with Crippen LogP contribution in [0.1, 0.15) is 45.4 Å². The minimum Gasteiger partial charge on any atom is -0.356 e. The number of nitrogens with two attached hydrogens (primary N) is 1. The van der Waals surface area contributed by atoms with Crippen molar-refractivity contribution in [1.82, 2.24) is 10.6 Å².